The van der Waals surface area contributed by atoms with Crippen molar-refractivity contribution in [3.8, 4) is 34.0 Å². The van der Waals surface area contributed by atoms with Gasteiger partial charge in [-0.3, -0.25) is 9.36 Å². The van der Waals surface area contributed by atoms with Gasteiger partial charge in [0.2, 0.25) is 0 Å². The fraction of sp³-hybridized carbons (Fsp3) is 0.0968. The summed E-state index contributed by atoms with van der Waals surface area (Å²) in [5.74, 6) is 1.27. The lowest BCUT2D eigenvalue weighted by atomic mass is 10.0. The summed E-state index contributed by atoms with van der Waals surface area (Å²) in [7, 11) is 0. The third-order valence-electron chi connectivity index (χ3n) is 5.89. The Balaban J connectivity index is 1.26. The van der Waals surface area contributed by atoms with E-state index in [0.29, 0.717) is 22.6 Å². The fourth-order valence-corrected chi connectivity index (χ4v) is 4.84. The molecule has 0 saturated heterocycles. The van der Waals surface area contributed by atoms with Crippen molar-refractivity contribution in [2.75, 3.05) is 12.4 Å². The van der Waals surface area contributed by atoms with E-state index in [0.717, 1.165) is 33.7 Å². The summed E-state index contributed by atoms with van der Waals surface area (Å²) in [6.45, 7) is 2.53. The minimum absolute atomic E-state index is 0.111. The number of carbonyl (C=O) groups excluding carboxylic acids is 1. The molecule has 200 valence electrons. The molecule has 1 aromatic heterocycles. The molecule has 5 aromatic rings. The third kappa shape index (κ3) is 6.77. The van der Waals surface area contributed by atoms with Gasteiger partial charge in [0.15, 0.2) is 11.0 Å². The number of halogens is 1. The molecule has 0 aliphatic carbocycles. The van der Waals surface area contributed by atoms with Crippen molar-refractivity contribution in [3.05, 3.63) is 114 Å². The lowest BCUT2D eigenvalue weighted by Gasteiger charge is -2.11. The summed E-state index contributed by atoms with van der Waals surface area (Å²) in [5.41, 5.74) is 7.44. The predicted molar refractivity (Wildman–Crippen MR) is 161 cm³/mol. The maximum atomic E-state index is 12.6. The van der Waals surface area contributed by atoms with E-state index in [1.165, 1.54) is 11.8 Å². The van der Waals surface area contributed by atoms with Crippen molar-refractivity contribution >= 4 is 35.5 Å². The zero-order chi connectivity index (χ0) is 27.7. The Morgan fingerprint density at radius 2 is 1.57 bits per heavy atom. The van der Waals surface area contributed by atoms with Crippen LogP contribution in [0.3, 0.4) is 0 Å². The van der Waals surface area contributed by atoms with E-state index in [-0.39, 0.29) is 11.7 Å². The van der Waals surface area contributed by atoms with Gasteiger partial charge in [-0.05, 0) is 72.1 Å². The average molecular weight is 568 g/mol. The molecular weight excluding hydrogens is 542 g/mol. The van der Waals surface area contributed by atoms with E-state index >= 15 is 0 Å². The quantitative estimate of drug-likeness (QED) is 0.113. The first-order valence-corrected chi connectivity index (χ1v) is 14.0. The Labute approximate surface area is 241 Å². The zero-order valence-corrected chi connectivity index (χ0v) is 23.3. The first-order valence-electron chi connectivity index (χ1n) is 12.7. The van der Waals surface area contributed by atoms with Crippen LogP contribution in [-0.4, -0.2) is 39.2 Å². The predicted octanol–water partition coefficient (Wildman–Crippen LogP) is 6.90. The summed E-state index contributed by atoms with van der Waals surface area (Å²) in [4.78, 5) is 12.6. The molecule has 9 heteroatoms. The molecule has 0 atom stereocenters. The molecule has 0 bridgehead atoms. The highest BCUT2D eigenvalue weighted by atomic mass is 35.5. The molecule has 1 heterocycles. The van der Waals surface area contributed by atoms with Gasteiger partial charge < -0.3 is 4.74 Å². The van der Waals surface area contributed by atoms with Gasteiger partial charge >= 0.3 is 0 Å². The maximum Gasteiger partial charge on any atom is 0.250 e. The first-order chi connectivity index (χ1) is 19.6. The van der Waals surface area contributed by atoms with Gasteiger partial charge in [-0.2, -0.15) is 5.10 Å². The van der Waals surface area contributed by atoms with Crippen molar-refractivity contribution < 1.29 is 9.53 Å². The molecule has 1 amide bonds. The lowest BCUT2D eigenvalue weighted by molar-refractivity contribution is -0.118. The summed E-state index contributed by atoms with van der Waals surface area (Å²) in [6.07, 6.45) is 1.62. The number of aromatic nitrogens is 3. The topological polar surface area (TPSA) is 81.4 Å². The number of benzene rings is 4. The van der Waals surface area contributed by atoms with Gasteiger partial charge in [0, 0.05) is 16.3 Å². The van der Waals surface area contributed by atoms with Crippen molar-refractivity contribution in [3.63, 3.8) is 0 Å². The van der Waals surface area contributed by atoms with Crippen LogP contribution in [0, 0.1) is 0 Å². The molecule has 40 heavy (non-hydrogen) atoms. The normalized spacial score (nSPS) is 11.1. The average Bonchev–Trinajstić information content (AvgIpc) is 3.42. The fourth-order valence-electron chi connectivity index (χ4n) is 3.97. The number of hydrazone groups is 1. The van der Waals surface area contributed by atoms with Crippen LogP contribution in [0.25, 0.3) is 28.2 Å². The number of nitrogens with one attached hydrogen (secondary N) is 1. The number of rotatable bonds is 10. The van der Waals surface area contributed by atoms with Crippen molar-refractivity contribution in [1.29, 1.82) is 0 Å². The van der Waals surface area contributed by atoms with Crippen LogP contribution in [-0.2, 0) is 4.79 Å². The zero-order valence-electron chi connectivity index (χ0n) is 21.7. The first kappa shape index (κ1) is 27.2. The molecule has 4 aromatic carbocycles. The second kappa shape index (κ2) is 13.1. The van der Waals surface area contributed by atoms with E-state index in [1.807, 2.05) is 102 Å². The van der Waals surface area contributed by atoms with Crippen molar-refractivity contribution in [2.45, 2.75) is 12.1 Å². The Kier molecular flexibility index (Phi) is 8.90. The van der Waals surface area contributed by atoms with E-state index in [2.05, 4.69) is 32.9 Å². The molecule has 1 N–H and O–H groups in total. The van der Waals surface area contributed by atoms with Crippen LogP contribution in [0.15, 0.2) is 113 Å². The number of hydrogen-bond acceptors (Lipinski definition) is 6. The van der Waals surface area contributed by atoms with Crippen molar-refractivity contribution in [1.82, 2.24) is 20.2 Å². The van der Waals surface area contributed by atoms with Gasteiger partial charge in [-0.25, -0.2) is 5.43 Å². The van der Waals surface area contributed by atoms with Gasteiger partial charge in [-0.15, -0.1) is 10.2 Å². The monoisotopic (exact) mass is 567 g/mol. The largest absolute Gasteiger partial charge is 0.494 e. The highest BCUT2D eigenvalue weighted by Gasteiger charge is 2.17. The Morgan fingerprint density at radius 1 is 0.900 bits per heavy atom. The highest BCUT2D eigenvalue weighted by molar-refractivity contribution is 7.99. The second-order valence-electron chi connectivity index (χ2n) is 8.65. The van der Waals surface area contributed by atoms with Crippen LogP contribution in [0.4, 0.5) is 0 Å². The Hall–Kier alpha value is -4.40. The number of nitrogens with zero attached hydrogens (tertiary/aromatic N) is 4. The van der Waals surface area contributed by atoms with Gasteiger partial charge in [-0.1, -0.05) is 78.0 Å². The highest BCUT2D eigenvalue weighted by Crippen LogP contribution is 2.29. The number of carbonyl (C=O) groups is 1. The summed E-state index contributed by atoms with van der Waals surface area (Å²) in [6, 6.07) is 33.2. The van der Waals surface area contributed by atoms with E-state index < -0.39 is 0 Å². The molecule has 0 radical (unpaired) electrons. The standard InChI is InChI=1S/C31H26ClN5O2S/c1-2-39-28-18-16-27(17-19-28)37-30(25-12-14-26(32)15-13-25)35-36-31(37)40-21-29(38)34-33-20-22-8-10-24(11-9-22)23-6-4-3-5-7-23/h3-20H,2,21H2,1H3,(H,34,38). The van der Waals surface area contributed by atoms with Gasteiger partial charge in [0.1, 0.15) is 5.75 Å². The lowest BCUT2D eigenvalue weighted by Crippen LogP contribution is -2.20. The molecular formula is C31H26ClN5O2S. The molecule has 0 aliphatic rings. The number of ether oxygens (including phenoxy) is 1. The molecule has 0 saturated carbocycles. The molecule has 0 aliphatic heterocycles. The second-order valence-corrected chi connectivity index (χ2v) is 10.0. The van der Waals surface area contributed by atoms with Gasteiger partial charge in [0.05, 0.1) is 18.6 Å². The van der Waals surface area contributed by atoms with Crippen LogP contribution in [0.5, 0.6) is 5.75 Å². The van der Waals surface area contributed by atoms with Crippen LogP contribution < -0.4 is 10.2 Å². The molecule has 7 nitrogen and oxygen atoms in total. The van der Waals surface area contributed by atoms with E-state index in [4.69, 9.17) is 16.3 Å². The maximum absolute atomic E-state index is 12.6. The third-order valence-corrected chi connectivity index (χ3v) is 7.08. The molecule has 5 rings (SSSR count). The smallest absolute Gasteiger partial charge is 0.250 e. The van der Waals surface area contributed by atoms with E-state index in [1.54, 1.807) is 6.21 Å². The number of amides is 1. The van der Waals surface area contributed by atoms with Gasteiger partial charge in [0.25, 0.3) is 5.91 Å². The summed E-state index contributed by atoms with van der Waals surface area (Å²) >= 11 is 7.36. The Bertz CT molecular complexity index is 1590. The summed E-state index contributed by atoms with van der Waals surface area (Å²) < 4.78 is 7.50. The number of hydrogen-bond donors (Lipinski definition) is 1. The van der Waals surface area contributed by atoms with Crippen LogP contribution in [0.2, 0.25) is 5.02 Å². The molecule has 0 unspecified atom stereocenters. The Morgan fingerprint density at radius 3 is 2.27 bits per heavy atom. The minimum atomic E-state index is -0.253. The number of thioether (sulfide) groups is 1. The van der Waals surface area contributed by atoms with Crippen LogP contribution in [0.1, 0.15) is 12.5 Å². The van der Waals surface area contributed by atoms with E-state index in [9.17, 15) is 4.79 Å². The molecule has 0 fully saturated rings. The van der Waals surface area contributed by atoms with Crippen LogP contribution >= 0.6 is 23.4 Å². The summed E-state index contributed by atoms with van der Waals surface area (Å²) in [5, 5.41) is 14.1. The minimum Gasteiger partial charge on any atom is -0.494 e. The van der Waals surface area contributed by atoms with Crippen molar-refractivity contribution in [2.24, 2.45) is 5.10 Å². The molecule has 0 spiro atoms. The SMILES string of the molecule is CCOc1ccc(-n2c(SCC(=O)NN=Cc3ccc(-c4ccccc4)cc3)nnc2-c2ccc(Cl)cc2)cc1.